The molecule has 17 heavy (non-hydrogen) atoms. The Bertz CT molecular complexity index is 386. The third-order valence-electron chi connectivity index (χ3n) is 3.16. The van der Waals surface area contributed by atoms with E-state index in [2.05, 4.69) is 15.3 Å². The largest absolute Gasteiger partial charge is 0.326 e. The molecule has 1 heterocycles. The van der Waals surface area contributed by atoms with Crippen molar-refractivity contribution in [3.05, 3.63) is 22.2 Å². The number of aromatic nitrogens is 2. The van der Waals surface area contributed by atoms with Gasteiger partial charge in [-0.05, 0) is 24.4 Å². The highest BCUT2D eigenvalue weighted by Gasteiger charge is 2.21. The molecule has 1 aromatic heterocycles. The van der Waals surface area contributed by atoms with E-state index in [-0.39, 0.29) is 11.3 Å². The second-order valence-corrected chi connectivity index (χ2v) is 5.09. The molecule has 0 bridgehead atoms. The molecular formula is C11H16Cl2N4. The monoisotopic (exact) mass is 274 g/mol. The molecule has 0 unspecified atom stereocenters. The van der Waals surface area contributed by atoms with E-state index in [1.807, 2.05) is 0 Å². The third kappa shape index (κ3) is 3.52. The lowest BCUT2D eigenvalue weighted by Crippen LogP contribution is -2.46. The van der Waals surface area contributed by atoms with Gasteiger partial charge in [0.2, 0.25) is 5.28 Å². The summed E-state index contributed by atoms with van der Waals surface area (Å²) in [5, 5.41) is 3.99. The third-order valence-corrected chi connectivity index (χ3v) is 3.67. The van der Waals surface area contributed by atoms with E-state index < -0.39 is 0 Å². The maximum atomic E-state index is 6.06. The molecule has 4 nitrogen and oxygen atoms in total. The van der Waals surface area contributed by atoms with Crippen LogP contribution in [0.25, 0.3) is 0 Å². The highest BCUT2D eigenvalue weighted by Crippen LogP contribution is 2.19. The van der Waals surface area contributed by atoms with Gasteiger partial charge in [0.05, 0.1) is 0 Å². The topological polar surface area (TPSA) is 63.8 Å². The molecule has 0 saturated heterocycles. The maximum absolute atomic E-state index is 6.06. The minimum Gasteiger partial charge on any atom is -0.326 e. The van der Waals surface area contributed by atoms with Gasteiger partial charge in [0.15, 0.2) is 0 Å². The molecule has 3 N–H and O–H groups in total. The lowest BCUT2D eigenvalue weighted by molar-refractivity contribution is 0.326. The number of rotatable bonds is 3. The number of hydrogen-bond donors (Lipinski definition) is 2. The summed E-state index contributed by atoms with van der Waals surface area (Å²) in [7, 11) is 0. The van der Waals surface area contributed by atoms with Gasteiger partial charge in [-0.15, -0.1) is 0 Å². The molecule has 94 valence electrons. The first-order valence-corrected chi connectivity index (χ1v) is 6.58. The SMILES string of the molecule is N[C@H]1CCCC[C@H]1NCc1cnc(Cl)nc1Cl. The summed E-state index contributed by atoms with van der Waals surface area (Å²) >= 11 is 11.6. The molecular weight excluding hydrogens is 259 g/mol. The Labute approximate surface area is 111 Å². The van der Waals surface area contributed by atoms with Crippen LogP contribution < -0.4 is 11.1 Å². The molecule has 1 aliphatic carbocycles. The van der Waals surface area contributed by atoms with Gasteiger partial charge in [-0.1, -0.05) is 24.4 Å². The maximum Gasteiger partial charge on any atom is 0.223 e. The van der Waals surface area contributed by atoms with E-state index in [4.69, 9.17) is 28.9 Å². The summed E-state index contributed by atoms with van der Waals surface area (Å²) in [5.74, 6) is 0. The Kier molecular flexibility index (Phi) is 4.56. The van der Waals surface area contributed by atoms with Crippen LogP contribution in [0.1, 0.15) is 31.2 Å². The number of nitrogens with zero attached hydrogens (tertiary/aromatic N) is 2. The molecule has 0 aliphatic heterocycles. The normalized spacial score (nSPS) is 24.9. The molecule has 1 aliphatic rings. The van der Waals surface area contributed by atoms with Crippen molar-refractivity contribution in [3.8, 4) is 0 Å². The van der Waals surface area contributed by atoms with Crippen LogP contribution in [-0.4, -0.2) is 22.1 Å². The molecule has 0 radical (unpaired) electrons. The van der Waals surface area contributed by atoms with Crippen LogP contribution >= 0.6 is 23.2 Å². The minimum absolute atomic E-state index is 0.174. The van der Waals surface area contributed by atoms with E-state index >= 15 is 0 Å². The van der Waals surface area contributed by atoms with Gasteiger partial charge < -0.3 is 11.1 Å². The second kappa shape index (κ2) is 5.96. The zero-order chi connectivity index (χ0) is 12.3. The molecule has 1 aromatic rings. The smallest absolute Gasteiger partial charge is 0.223 e. The van der Waals surface area contributed by atoms with Crippen LogP contribution in [0.3, 0.4) is 0 Å². The van der Waals surface area contributed by atoms with Crippen molar-refractivity contribution in [1.29, 1.82) is 0 Å². The fraction of sp³-hybridized carbons (Fsp3) is 0.636. The first-order valence-electron chi connectivity index (χ1n) is 5.82. The standard InChI is InChI=1S/C11H16Cl2N4/c12-10-7(6-16-11(13)17-10)5-15-9-4-2-1-3-8(9)14/h6,8-9,15H,1-5,14H2/t8-,9+/m0/s1. The van der Waals surface area contributed by atoms with Gasteiger partial charge in [0.1, 0.15) is 5.15 Å². The van der Waals surface area contributed by atoms with Crippen molar-refractivity contribution in [3.63, 3.8) is 0 Å². The minimum atomic E-state index is 0.174. The quantitative estimate of drug-likeness (QED) is 0.655. The number of halogens is 2. The highest BCUT2D eigenvalue weighted by molar-refractivity contribution is 6.32. The molecule has 0 amide bonds. The molecule has 0 aromatic carbocycles. The second-order valence-electron chi connectivity index (χ2n) is 4.39. The predicted molar refractivity (Wildman–Crippen MR) is 69.1 cm³/mol. The molecule has 2 atom stereocenters. The van der Waals surface area contributed by atoms with E-state index in [1.54, 1.807) is 6.20 Å². The Morgan fingerprint density at radius 2 is 2.12 bits per heavy atom. The average Bonchev–Trinajstić information content (AvgIpc) is 2.30. The van der Waals surface area contributed by atoms with Crippen molar-refractivity contribution >= 4 is 23.2 Å². The lowest BCUT2D eigenvalue weighted by atomic mass is 9.91. The number of nitrogens with one attached hydrogen (secondary N) is 1. The van der Waals surface area contributed by atoms with Crippen molar-refractivity contribution in [2.24, 2.45) is 5.73 Å². The van der Waals surface area contributed by atoms with E-state index in [9.17, 15) is 0 Å². The van der Waals surface area contributed by atoms with Crippen molar-refractivity contribution in [2.75, 3.05) is 0 Å². The van der Waals surface area contributed by atoms with Gasteiger partial charge in [-0.25, -0.2) is 9.97 Å². The van der Waals surface area contributed by atoms with Gasteiger partial charge in [-0.2, -0.15) is 0 Å². The van der Waals surface area contributed by atoms with Crippen LogP contribution in [-0.2, 0) is 6.54 Å². The van der Waals surface area contributed by atoms with Gasteiger partial charge in [0.25, 0.3) is 0 Å². The van der Waals surface area contributed by atoms with Gasteiger partial charge in [0, 0.05) is 30.4 Å². The van der Waals surface area contributed by atoms with Crippen LogP contribution in [0, 0.1) is 0 Å². The first-order chi connectivity index (χ1) is 8.16. The lowest BCUT2D eigenvalue weighted by Gasteiger charge is -2.29. The van der Waals surface area contributed by atoms with E-state index in [0.29, 0.717) is 17.7 Å². The summed E-state index contributed by atoms with van der Waals surface area (Å²) in [5.41, 5.74) is 6.91. The Balaban J connectivity index is 1.92. The molecule has 1 fully saturated rings. The van der Waals surface area contributed by atoms with Gasteiger partial charge >= 0.3 is 0 Å². The van der Waals surface area contributed by atoms with Gasteiger partial charge in [-0.3, -0.25) is 0 Å². The molecule has 0 spiro atoms. The van der Waals surface area contributed by atoms with Crippen molar-refractivity contribution in [2.45, 2.75) is 44.3 Å². The summed E-state index contributed by atoms with van der Waals surface area (Å²) < 4.78 is 0. The predicted octanol–water partition coefficient (Wildman–Crippen LogP) is 2.14. The molecule has 6 heteroatoms. The van der Waals surface area contributed by atoms with Crippen LogP contribution in [0.5, 0.6) is 0 Å². The first kappa shape index (κ1) is 13.0. The number of nitrogens with two attached hydrogens (primary N) is 1. The fourth-order valence-electron chi connectivity index (χ4n) is 2.14. The number of hydrogen-bond acceptors (Lipinski definition) is 4. The van der Waals surface area contributed by atoms with Crippen LogP contribution in [0.15, 0.2) is 6.20 Å². The van der Waals surface area contributed by atoms with Crippen molar-refractivity contribution < 1.29 is 0 Å². The summed E-state index contributed by atoms with van der Waals surface area (Å²) in [6.45, 7) is 0.633. The van der Waals surface area contributed by atoms with Crippen molar-refractivity contribution in [1.82, 2.24) is 15.3 Å². The van der Waals surface area contributed by atoms with Crippen LogP contribution in [0.2, 0.25) is 10.4 Å². The Hall–Kier alpha value is -0.420. The molecule has 2 rings (SSSR count). The summed E-state index contributed by atoms with van der Waals surface area (Å²) in [6.07, 6.45) is 6.31. The van der Waals surface area contributed by atoms with E-state index in [0.717, 1.165) is 18.4 Å². The van der Waals surface area contributed by atoms with Crippen LogP contribution in [0.4, 0.5) is 0 Å². The Morgan fingerprint density at radius 1 is 1.35 bits per heavy atom. The summed E-state index contributed by atoms with van der Waals surface area (Å²) in [6, 6.07) is 0.589. The van der Waals surface area contributed by atoms with E-state index in [1.165, 1.54) is 12.8 Å². The average molecular weight is 275 g/mol. The fourth-order valence-corrected chi connectivity index (χ4v) is 2.51. The highest BCUT2D eigenvalue weighted by atomic mass is 35.5. The molecule has 1 saturated carbocycles. The zero-order valence-electron chi connectivity index (χ0n) is 9.50. The Morgan fingerprint density at radius 3 is 2.82 bits per heavy atom. The summed E-state index contributed by atoms with van der Waals surface area (Å²) in [4.78, 5) is 7.83. The zero-order valence-corrected chi connectivity index (χ0v) is 11.0.